The number of nitrogens with zero attached hydrogens (tertiary/aromatic N) is 1. The Morgan fingerprint density at radius 2 is 2.47 bits per heavy atom. The summed E-state index contributed by atoms with van der Waals surface area (Å²) in [5, 5.41) is 3.31. The van der Waals surface area contributed by atoms with Gasteiger partial charge in [0.05, 0.1) is 0 Å². The minimum Gasteiger partial charge on any atom is -0.338 e. The minimum absolute atomic E-state index is 0.283. The van der Waals surface area contributed by atoms with Crippen LogP contribution >= 0.6 is 0 Å². The van der Waals surface area contributed by atoms with E-state index in [9.17, 15) is 4.79 Å². The Bertz CT molecular complexity index is 210. The van der Waals surface area contributed by atoms with E-state index in [0.29, 0.717) is 12.5 Å². The highest BCUT2D eigenvalue weighted by Gasteiger charge is 2.24. The maximum absolute atomic E-state index is 11.9. The van der Waals surface area contributed by atoms with E-state index in [1.54, 1.807) is 0 Å². The molecule has 1 rings (SSSR count). The van der Waals surface area contributed by atoms with Crippen LogP contribution in [0.5, 0.6) is 0 Å². The zero-order valence-electron chi connectivity index (χ0n) is 9.67. The monoisotopic (exact) mass is 210 g/mol. The lowest BCUT2D eigenvalue weighted by Crippen LogP contribution is -2.41. The molecule has 0 saturated carbocycles. The number of carbonyl (C=O) groups excluding carboxylic acids is 1. The molecule has 0 spiro atoms. The molecule has 1 atom stereocenters. The van der Waals surface area contributed by atoms with Crippen molar-refractivity contribution in [1.82, 2.24) is 10.2 Å². The molecule has 1 aliphatic heterocycles. The Labute approximate surface area is 92.5 Å². The number of allylic oxidation sites excluding steroid dienone is 1. The summed E-state index contributed by atoms with van der Waals surface area (Å²) in [6.45, 7) is 8.66. The van der Waals surface area contributed by atoms with Crippen molar-refractivity contribution in [2.45, 2.75) is 38.6 Å². The molecule has 0 bridgehead atoms. The second-order valence-corrected chi connectivity index (χ2v) is 4.06. The maximum Gasteiger partial charge on any atom is 0.223 e. The van der Waals surface area contributed by atoms with Crippen LogP contribution in [0.25, 0.3) is 0 Å². The number of hydrogen-bond acceptors (Lipinski definition) is 2. The van der Waals surface area contributed by atoms with Crippen LogP contribution in [0.2, 0.25) is 0 Å². The van der Waals surface area contributed by atoms with Gasteiger partial charge in [-0.15, -0.1) is 6.58 Å². The molecule has 0 aromatic rings. The van der Waals surface area contributed by atoms with Crippen LogP contribution in [0.1, 0.15) is 32.6 Å². The summed E-state index contributed by atoms with van der Waals surface area (Å²) in [7, 11) is 0. The fourth-order valence-electron chi connectivity index (χ4n) is 2.03. The van der Waals surface area contributed by atoms with E-state index in [2.05, 4.69) is 18.8 Å². The Morgan fingerprint density at radius 1 is 1.67 bits per heavy atom. The smallest absolute Gasteiger partial charge is 0.223 e. The summed E-state index contributed by atoms with van der Waals surface area (Å²) in [5.74, 6) is 0.283. The molecular weight excluding hydrogens is 188 g/mol. The molecule has 3 heteroatoms. The van der Waals surface area contributed by atoms with Gasteiger partial charge in [0, 0.05) is 25.6 Å². The molecule has 1 aliphatic rings. The molecule has 86 valence electrons. The molecular formula is C12H22N2O. The minimum atomic E-state index is 0.283. The first-order valence-corrected chi connectivity index (χ1v) is 5.90. The van der Waals surface area contributed by atoms with Crippen molar-refractivity contribution in [2.75, 3.05) is 19.6 Å². The van der Waals surface area contributed by atoms with E-state index in [-0.39, 0.29) is 5.91 Å². The van der Waals surface area contributed by atoms with Crippen molar-refractivity contribution in [1.29, 1.82) is 0 Å². The van der Waals surface area contributed by atoms with Gasteiger partial charge in [-0.05, 0) is 25.8 Å². The quantitative estimate of drug-likeness (QED) is 0.675. The topological polar surface area (TPSA) is 32.3 Å². The van der Waals surface area contributed by atoms with Crippen LogP contribution in [0.4, 0.5) is 0 Å². The van der Waals surface area contributed by atoms with Crippen molar-refractivity contribution < 1.29 is 4.79 Å². The first kappa shape index (κ1) is 12.2. The first-order valence-electron chi connectivity index (χ1n) is 5.90. The fraction of sp³-hybridized carbons (Fsp3) is 0.750. The van der Waals surface area contributed by atoms with E-state index in [0.717, 1.165) is 38.9 Å². The Kier molecular flexibility index (Phi) is 5.40. The van der Waals surface area contributed by atoms with Gasteiger partial charge in [-0.2, -0.15) is 0 Å². The summed E-state index contributed by atoms with van der Waals surface area (Å²) in [4.78, 5) is 14.0. The van der Waals surface area contributed by atoms with Gasteiger partial charge in [0.2, 0.25) is 5.91 Å². The molecule has 1 N–H and O–H groups in total. The first-order chi connectivity index (χ1) is 7.29. The molecule has 0 aliphatic carbocycles. The molecule has 15 heavy (non-hydrogen) atoms. The number of nitrogens with one attached hydrogen (secondary N) is 1. The third kappa shape index (κ3) is 3.67. The van der Waals surface area contributed by atoms with Gasteiger partial charge in [0.15, 0.2) is 0 Å². The average Bonchev–Trinajstić information content (AvgIpc) is 2.75. The summed E-state index contributed by atoms with van der Waals surface area (Å²) in [5.41, 5.74) is 0. The molecule has 3 nitrogen and oxygen atoms in total. The van der Waals surface area contributed by atoms with E-state index < -0.39 is 0 Å². The zero-order chi connectivity index (χ0) is 11.1. The molecule has 1 heterocycles. The zero-order valence-corrected chi connectivity index (χ0v) is 9.67. The molecule has 0 aromatic heterocycles. The lowest BCUT2D eigenvalue weighted by molar-refractivity contribution is -0.133. The molecule has 1 unspecified atom stereocenters. The maximum atomic E-state index is 11.9. The van der Waals surface area contributed by atoms with Gasteiger partial charge >= 0.3 is 0 Å². The number of amides is 1. The second-order valence-electron chi connectivity index (χ2n) is 4.06. The highest BCUT2D eigenvalue weighted by molar-refractivity contribution is 5.76. The van der Waals surface area contributed by atoms with Gasteiger partial charge in [-0.25, -0.2) is 0 Å². The predicted octanol–water partition coefficient (Wildman–Crippen LogP) is 1.55. The van der Waals surface area contributed by atoms with Crippen molar-refractivity contribution in [3.63, 3.8) is 0 Å². The van der Waals surface area contributed by atoms with Gasteiger partial charge in [0.25, 0.3) is 0 Å². The van der Waals surface area contributed by atoms with Crippen LogP contribution in [0.3, 0.4) is 0 Å². The third-order valence-electron chi connectivity index (χ3n) is 2.82. The largest absolute Gasteiger partial charge is 0.338 e. The Balaban J connectivity index is 2.47. The van der Waals surface area contributed by atoms with E-state index >= 15 is 0 Å². The van der Waals surface area contributed by atoms with E-state index in [1.165, 1.54) is 0 Å². The van der Waals surface area contributed by atoms with Crippen LogP contribution in [-0.2, 0) is 4.79 Å². The van der Waals surface area contributed by atoms with Crippen LogP contribution in [0, 0.1) is 0 Å². The van der Waals surface area contributed by atoms with Crippen molar-refractivity contribution in [3.05, 3.63) is 12.7 Å². The van der Waals surface area contributed by atoms with Gasteiger partial charge in [0.1, 0.15) is 0 Å². The fourth-order valence-corrected chi connectivity index (χ4v) is 2.03. The number of carbonyl (C=O) groups is 1. The summed E-state index contributed by atoms with van der Waals surface area (Å²) < 4.78 is 0. The molecule has 0 aromatic carbocycles. The molecule has 1 fully saturated rings. The molecule has 1 saturated heterocycles. The van der Waals surface area contributed by atoms with Crippen molar-refractivity contribution in [2.24, 2.45) is 0 Å². The van der Waals surface area contributed by atoms with Gasteiger partial charge in [-0.3, -0.25) is 4.79 Å². The molecule has 0 radical (unpaired) electrons. The SMILES string of the molecule is C=CCCC(=O)N(CCC)C1CCNC1. The standard InChI is InChI=1S/C12H22N2O/c1-3-5-6-12(15)14(9-4-2)11-7-8-13-10-11/h3,11,13H,1,4-10H2,2H3. The number of rotatable bonds is 6. The summed E-state index contributed by atoms with van der Waals surface area (Å²) in [6.07, 6.45) is 5.35. The summed E-state index contributed by atoms with van der Waals surface area (Å²) in [6, 6.07) is 0.419. The average molecular weight is 210 g/mol. The Morgan fingerprint density at radius 3 is 3.00 bits per heavy atom. The lowest BCUT2D eigenvalue weighted by Gasteiger charge is -2.28. The normalized spacial score (nSPS) is 20.2. The molecule has 1 amide bonds. The van der Waals surface area contributed by atoms with E-state index in [4.69, 9.17) is 0 Å². The van der Waals surface area contributed by atoms with Gasteiger partial charge < -0.3 is 10.2 Å². The lowest BCUT2D eigenvalue weighted by atomic mass is 10.1. The van der Waals surface area contributed by atoms with Crippen LogP contribution < -0.4 is 5.32 Å². The third-order valence-corrected chi connectivity index (χ3v) is 2.82. The van der Waals surface area contributed by atoms with Gasteiger partial charge in [-0.1, -0.05) is 13.0 Å². The predicted molar refractivity (Wildman–Crippen MR) is 62.7 cm³/mol. The highest BCUT2D eigenvalue weighted by Crippen LogP contribution is 2.11. The van der Waals surface area contributed by atoms with Crippen molar-refractivity contribution in [3.8, 4) is 0 Å². The number of hydrogen-bond donors (Lipinski definition) is 1. The van der Waals surface area contributed by atoms with E-state index in [1.807, 2.05) is 11.0 Å². The van der Waals surface area contributed by atoms with Crippen LogP contribution in [-0.4, -0.2) is 36.5 Å². The Hall–Kier alpha value is -0.830. The van der Waals surface area contributed by atoms with Crippen LogP contribution in [0.15, 0.2) is 12.7 Å². The second kappa shape index (κ2) is 6.62. The van der Waals surface area contributed by atoms with Crippen molar-refractivity contribution >= 4 is 5.91 Å². The summed E-state index contributed by atoms with van der Waals surface area (Å²) >= 11 is 0. The highest BCUT2D eigenvalue weighted by atomic mass is 16.2.